The number of carboxylic acids is 6. The van der Waals surface area contributed by atoms with Gasteiger partial charge in [0, 0.05) is 24.8 Å². The van der Waals surface area contributed by atoms with Crippen molar-refractivity contribution in [1.29, 1.82) is 0 Å². The molecule has 0 bridgehead atoms. The fraction of sp³-hybridized carbons (Fsp3) is 0.429. The minimum Gasteiger partial charge on any atom is -1.00 e. The van der Waals surface area contributed by atoms with E-state index in [1.54, 1.807) is 0 Å². The summed E-state index contributed by atoms with van der Waals surface area (Å²) in [5, 5.41) is 81.2. The van der Waals surface area contributed by atoms with Crippen LogP contribution < -0.4 is 168 Å². The van der Waals surface area contributed by atoms with Crippen LogP contribution in [0.2, 0.25) is 0 Å². The second kappa shape index (κ2) is 38.5. The van der Waals surface area contributed by atoms with Gasteiger partial charge >= 0.3 is 172 Å². The molecule has 0 aromatic carbocycles. The summed E-state index contributed by atoms with van der Waals surface area (Å²) in [6.07, 6.45) is -4.75. The van der Waals surface area contributed by atoms with E-state index in [-0.39, 0.29) is 167 Å². The Hall–Kier alpha value is 0.510. The van der Waals surface area contributed by atoms with Crippen molar-refractivity contribution in [2.75, 3.05) is 0 Å². The molecule has 0 amide bonds. The third-order valence-electron chi connectivity index (χ3n) is 2.58. The molecule has 0 rings (SSSR count). The van der Waals surface area contributed by atoms with E-state index >= 15 is 0 Å². The number of carboxylic acid groups (broad SMARTS) is 6. The van der Waals surface area contributed by atoms with E-state index in [1.807, 2.05) is 0 Å². The maximum atomic E-state index is 10.3. The molecule has 0 aromatic rings. The number of hydrogen-bond donors (Lipinski definition) is 5. The number of aliphatic hydroxyl groups is 2. The maximum Gasteiger partial charge on any atom is 1.00 e. The van der Waals surface area contributed by atoms with Gasteiger partial charge in [-0.05, 0) is 0 Å². The Morgan fingerprint density at radius 3 is 1.05 bits per heavy atom. The van der Waals surface area contributed by atoms with E-state index < -0.39 is 72.7 Å². The van der Waals surface area contributed by atoms with Crippen molar-refractivity contribution in [3.05, 3.63) is 0 Å². The molecule has 0 fully saturated rings. The third kappa shape index (κ3) is 45.7. The summed E-state index contributed by atoms with van der Waals surface area (Å²) in [6.45, 7) is -0.181. The SMILES string of the molecule is O.O=C(O)CC(O)(CC(=O)O)C(=O)O.O=C([O-])CC(O)(CC(=O)[O-])C(=O)[O-].O=C=O.O=CO[O-].[H-].[Na+].[Na+].[Na+].[Na+].[Na+]. The summed E-state index contributed by atoms with van der Waals surface area (Å²) in [7, 11) is 0. The van der Waals surface area contributed by atoms with Gasteiger partial charge in [-0.15, -0.1) is 0 Å². The third-order valence-corrected chi connectivity index (χ3v) is 2.58. The van der Waals surface area contributed by atoms with Crippen LogP contribution in [0.3, 0.4) is 0 Å². The van der Waals surface area contributed by atoms with Crippen LogP contribution in [-0.2, 0) is 48.0 Å². The Balaban J connectivity index is -0.0000000331. The van der Waals surface area contributed by atoms with E-state index in [4.69, 9.17) is 45.2 Å². The number of rotatable bonds is 11. The average molecular weight is 620 g/mol. The number of carbonyl (C=O) groups is 7. The molecule has 0 atom stereocenters. The largest absolute Gasteiger partial charge is 1.00 e. The Morgan fingerprint density at radius 2 is 0.949 bits per heavy atom. The molecule has 0 heterocycles. The molecule has 198 valence electrons. The topological polar surface area (TPSA) is 388 Å². The standard InChI is InChI=1S/2C6H8O7.CH2O3.CO2.5Na.H2O.H/c2*7-3(8)1-6(13,5(11)12)2-4(9)10;2-1-4-3;2-1-3;;;;;;;/h2*13H,1-2H2,(H,7,8)(H,9,10)(H,11,12);1,3H;;;;;;;1H2;/q;;;;5*+1;;-1/p-4. The van der Waals surface area contributed by atoms with Crippen molar-refractivity contribution >= 4 is 48.4 Å². The summed E-state index contributed by atoms with van der Waals surface area (Å²) in [5.74, 6) is -11.0. The minimum absolute atomic E-state index is 0. The molecule has 0 radical (unpaired) electrons. The Kier molecular flexibility index (Phi) is 66.4. The number of carbonyl (C=O) groups excluding carboxylic acids is 6. The van der Waals surface area contributed by atoms with Crippen LogP contribution in [0, 0.1) is 0 Å². The van der Waals surface area contributed by atoms with E-state index in [9.17, 15) is 44.1 Å². The summed E-state index contributed by atoms with van der Waals surface area (Å²) >= 11 is 0. The van der Waals surface area contributed by atoms with Crippen molar-refractivity contribution in [2.24, 2.45) is 0 Å². The van der Waals surface area contributed by atoms with Gasteiger partial charge in [0.15, 0.2) is 5.60 Å². The first-order valence-corrected chi connectivity index (χ1v) is 7.33. The molecule has 0 spiro atoms. The normalized spacial score (nSPS) is 7.97. The molecule has 0 aliphatic heterocycles. The molecule has 0 aliphatic carbocycles. The predicted molar refractivity (Wildman–Crippen MR) is 83.2 cm³/mol. The van der Waals surface area contributed by atoms with Gasteiger partial charge in [0.1, 0.15) is 5.60 Å². The molecular formula is C14H17Na5O20. The number of hydrogen-bond acceptors (Lipinski definition) is 16. The Bertz CT molecular complexity index is 676. The van der Waals surface area contributed by atoms with Crippen molar-refractivity contribution in [1.82, 2.24) is 0 Å². The monoisotopic (exact) mass is 620 g/mol. The molecule has 25 heteroatoms. The molecule has 39 heavy (non-hydrogen) atoms. The van der Waals surface area contributed by atoms with Crippen LogP contribution in [0.15, 0.2) is 0 Å². The predicted octanol–water partition coefficient (Wildman–Crippen LogP) is -24.3. The van der Waals surface area contributed by atoms with Crippen molar-refractivity contribution < 1.29 is 249 Å². The van der Waals surface area contributed by atoms with Crippen molar-refractivity contribution in [2.45, 2.75) is 36.9 Å². The summed E-state index contributed by atoms with van der Waals surface area (Å²) in [5.41, 5.74) is -5.71. The zero-order valence-electron chi connectivity index (χ0n) is 22.4. The molecule has 7 N–H and O–H groups in total. The summed E-state index contributed by atoms with van der Waals surface area (Å²) in [4.78, 5) is 88.0. The first-order valence-electron chi connectivity index (χ1n) is 7.33. The van der Waals surface area contributed by atoms with Gasteiger partial charge in [0.2, 0.25) is 0 Å². The second-order valence-corrected chi connectivity index (χ2v) is 5.17. The van der Waals surface area contributed by atoms with Crippen molar-refractivity contribution in [3.8, 4) is 0 Å². The van der Waals surface area contributed by atoms with Gasteiger partial charge in [0.25, 0.3) is 6.47 Å². The fourth-order valence-electron chi connectivity index (χ4n) is 1.40. The zero-order chi connectivity index (χ0) is 27.4. The van der Waals surface area contributed by atoms with Gasteiger partial charge in [-0.25, -0.2) is 4.79 Å². The van der Waals surface area contributed by atoms with E-state index in [2.05, 4.69) is 4.89 Å². The van der Waals surface area contributed by atoms with Crippen LogP contribution in [0.5, 0.6) is 0 Å². The van der Waals surface area contributed by atoms with Gasteiger partial charge in [-0.1, -0.05) is 0 Å². The minimum atomic E-state index is -2.97. The molecule has 0 unspecified atom stereocenters. The second-order valence-electron chi connectivity index (χ2n) is 5.17. The first-order chi connectivity index (χ1) is 14.9. The van der Waals surface area contributed by atoms with E-state index in [1.165, 1.54) is 0 Å². The van der Waals surface area contributed by atoms with Crippen LogP contribution in [0.25, 0.3) is 0 Å². The van der Waals surface area contributed by atoms with E-state index in [0.29, 0.717) is 0 Å². The van der Waals surface area contributed by atoms with Gasteiger partial charge in [0.05, 0.1) is 18.8 Å². The van der Waals surface area contributed by atoms with Crippen molar-refractivity contribution in [3.63, 3.8) is 0 Å². The van der Waals surface area contributed by atoms with E-state index in [0.717, 1.165) is 0 Å². The Morgan fingerprint density at radius 1 is 0.718 bits per heavy atom. The molecule has 0 aliphatic rings. The first kappa shape index (κ1) is 67.3. The van der Waals surface area contributed by atoms with Gasteiger partial charge < -0.3 is 72.3 Å². The maximum absolute atomic E-state index is 10.3. The summed E-state index contributed by atoms with van der Waals surface area (Å²) in [6, 6.07) is 0. The van der Waals surface area contributed by atoms with Gasteiger partial charge in [-0.2, -0.15) is 9.59 Å². The van der Waals surface area contributed by atoms with Crippen LogP contribution >= 0.6 is 0 Å². The molecular weight excluding hydrogens is 603 g/mol. The quantitative estimate of drug-likeness (QED) is 0.0619. The smallest absolute Gasteiger partial charge is 1.00 e. The van der Waals surface area contributed by atoms with Crippen LogP contribution in [0.1, 0.15) is 27.1 Å². The Labute approximate surface area is 329 Å². The van der Waals surface area contributed by atoms with Crippen LogP contribution in [0.4, 0.5) is 0 Å². The van der Waals surface area contributed by atoms with Crippen LogP contribution in [-0.4, -0.2) is 90.7 Å². The zero-order valence-corrected chi connectivity index (χ0v) is 31.4. The van der Waals surface area contributed by atoms with Gasteiger partial charge in [-0.3, -0.25) is 14.4 Å². The fourth-order valence-corrected chi connectivity index (χ4v) is 1.40. The molecule has 20 nitrogen and oxygen atoms in total. The molecule has 0 aromatic heterocycles. The molecule has 0 saturated heterocycles. The average Bonchev–Trinajstić information content (AvgIpc) is 2.60. The summed E-state index contributed by atoms with van der Waals surface area (Å²) < 4.78 is 0. The number of aliphatic carboxylic acids is 6. The molecule has 0 saturated carbocycles.